The lowest BCUT2D eigenvalue weighted by Gasteiger charge is -2.63. The summed E-state index contributed by atoms with van der Waals surface area (Å²) in [6.45, 7) is 7.18. The van der Waals surface area contributed by atoms with E-state index in [1.807, 2.05) is 6.20 Å². The minimum Gasteiger partial charge on any atom is -0.481 e. The number of aliphatic carboxylic acids is 1. The molecule has 0 amide bonds. The van der Waals surface area contributed by atoms with Gasteiger partial charge in [0.25, 0.3) is 0 Å². The first-order valence-electron chi connectivity index (χ1n) is 13.6. The van der Waals surface area contributed by atoms with Gasteiger partial charge >= 0.3 is 5.97 Å². The van der Waals surface area contributed by atoms with E-state index in [4.69, 9.17) is 0 Å². The van der Waals surface area contributed by atoms with Crippen molar-refractivity contribution in [2.75, 3.05) is 0 Å². The number of carboxylic acids is 1. The average molecular weight is 474 g/mol. The summed E-state index contributed by atoms with van der Waals surface area (Å²) in [5, 5.41) is 38.1. The quantitative estimate of drug-likeness (QED) is 0.564. The van der Waals surface area contributed by atoms with Gasteiger partial charge in [-0.1, -0.05) is 26.0 Å². The number of hydrogen-bond donors (Lipinski definition) is 3. The van der Waals surface area contributed by atoms with Crippen LogP contribution in [0.25, 0.3) is 0 Å². The molecule has 4 fully saturated rings. The number of aliphatic hydroxyl groups is 2. The first-order valence-corrected chi connectivity index (χ1v) is 13.6. The molecular formula is C27H43N3O4. The molecule has 0 spiro atoms. The van der Waals surface area contributed by atoms with Gasteiger partial charge in [0.15, 0.2) is 0 Å². The highest BCUT2D eigenvalue weighted by Gasteiger charge is 2.63. The largest absolute Gasteiger partial charge is 0.481 e. The third-order valence-electron chi connectivity index (χ3n) is 11.3. The molecule has 1 unspecified atom stereocenters. The topological polar surface area (TPSA) is 108 Å². The Morgan fingerprint density at radius 3 is 2.59 bits per heavy atom. The van der Waals surface area contributed by atoms with Crippen LogP contribution in [0.4, 0.5) is 0 Å². The number of carbonyl (C=O) groups is 1. The predicted octanol–water partition coefficient (Wildman–Crippen LogP) is 4.44. The van der Waals surface area contributed by atoms with Crippen molar-refractivity contribution < 1.29 is 20.1 Å². The summed E-state index contributed by atoms with van der Waals surface area (Å²) in [6.07, 6.45) is 11.5. The van der Waals surface area contributed by atoms with Gasteiger partial charge in [-0.25, -0.2) is 4.68 Å². The molecule has 34 heavy (non-hydrogen) atoms. The molecule has 0 bridgehead atoms. The van der Waals surface area contributed by atoms with Crippen LogP contribution in [0.5, 0.6) is 0 Å². The van der Waals surface area contributed by atoms with E-state index in [1.165, 1.54) is 25.7 Å². The highest BCUT2D eigenvalue weighted by molar-refractivity contribution is 5.66. The molecule has 10 atom stereocenters. The Labute approximate surface area is 203 Å². The van der Waals surface area contributed by atoms with E-state index in [-0.39, 0.29) is 36.0 Å². The summed E-state index contributed by atoms with van der Waals surface area (Å²) in [7, 11) is 0. The smallest absolute Gasteiger partial charge is 0.303 e. The molecule has 7 heteroatoms. The van der Waals surface area contributed by atoms with Crippen LogP contribution in [0, 0.1) is 46.3 Å². The summed E-state index contributed by atoms with van der Waals surface area (Å²) >= 11 is 0. The van der Waals surface area contributed by atoms with E-state index < -0.39 is 5.97 Å². The number of rotatable bonds is 6. The molecule has 0 saturated heterocycles. The second-order valence-electron chi connectivity index (χ2n) is 12.7. The van der Waals surface area contributed by atoms with E-state index in [9.17, 15) is 20.1 Å². The third-order valence-corrected chi connectivity index (χ3v) is 11.3. The SMILES string of the molecule is CC(CCC(=O)O)[C@H]1CC[C@H]2[C@@H]3[C@@H](n4cc(CO)nn4)C[C@@H]4C[C@H](O)CC[C@]4(C)[C@H]3CC[C@]12C. The van der Waals surface area contributed by atoms with Crippen LogP contribution in [-0.2, 0) is 11.4 Å². The van der Waals surface area contributed by atoms with Gasteiger partial charge in [-0.15, -0.1) is 5.10 Å². The molecule has 4 saturated carbocycles. The zero-order valence-corrected chi connectivity index (χ0v) is 21.1. The zero-order valence-electron chi connectivity index (χ0n) is 21.1. The van der Waals surface area contributed by atoms with E-state index in [1.54, 1.807) is 0 Å². The molecule has 5 rings (SSSR count). The molecule has 1 aromatic rings. The van der Waals surface area contributed by atoms with Crippen molar-refractivity contribution in [2.24, 2.45) is 46.3 Å². The maximum Gasteiger partial charge on any atom is 0.303 e. The van der Waals surface area contributed by atoms with Crippen LogP contribution >= 0.6 is 0 Å². The van der Waals surface area contributed by atoms with Gasteiger partial charge in [-0.3, -0.25) is 4.79 Å². The van der Waals surface area contributed by atoms with Gasteiger partial charge in [-0.05, 0) is 104 Å². The molecule has 4 aliphatic carbocycles. The lowest BCUT2D eigenvalue weighted by Crippen LogP contribution is -2.57. The Kier molecular flexibility index (Phi) is 6.33. The van der Waals surface area contributed by atoms with E-state index >= 15 is 0 Å². The highest BCUT2D eigenvalue weighted by atomic mass is 16.4. The second-order valence-corrected chi connectivity index (χ2v) is 12.7. The summed E-state index contributed by atoms with van der Waals surface area (Å²) in [5.74, 6) is 2.51. The number of nitrogens with zero attached hydrogens (tertiary/aromatic N) is 3. The molecule has 0 aliphatic heterocycles. The second kappa shape index (κ2) is 8.88. The minimum absolute atomic E-state index is 0.0923. The third kappa shape index (κ3) is 3.82. The molecule has 3 N–H and O–H groups in total. The summed E-state index contributed by atoms with van der Waals surface area (Å²) in [4.78, 5) is 11.2. The van der Waals surface area contributed by atoms with Gasteiger partial charge in [0.2, 0.25) is 0 Å². The summed E-state index contributed by atoms with van der Waals surface area (Å²) in [5.41, 5.74) is 1.11. The number of fused-ring (bicyclic) bond motifs is 5. The maximum absolute atomic E-state index is 11.2. The standard InChI is InChI=1S/C27H43N3O4/c1-16(4-7-24(33)34)20-5-6-21-25-22(9-11-27(20,21)3)26(2)10-8-19(32)12-17(26)13-23(25)30-14-18(15-31)28-29-30/h14,16-17,19-23,25,31-32H,4-13,15H2,1-3H3,(H,33,34)/t16?,17-,19+,20+,21-,22-,23-,25-,26-,27+/m0/s1. The predicted molar refractivity (Wildman–Crippen MR) is 128 cm³/mol. The van der Waals surface area contributed by atoms with Crippen LogP contribution in [-0.4, -0.2) is 42.4 Å². The van der Waals surface area contributed by atoms with E-state index in [0.717, 1.165) is 32.1 Å². The Morgan fingerprint density at radius 2 is 1.88 bits per heavy atom. The highest BCUT2D eigenvalue weighted by Crippen LogP contribution is 2.70. The molecule has 1 aromatic heterocycles. The Morgan fingerprint density at radius 1 is 1.15 bits per heavy atom. The van der Waals surface area contributed by atoms with Crippen LogP contribution in [0.1, 0.15) is 96.7 Å². The van der Waals surface area contributed by atoms with Crippen LogP contribution < -0.4 is 0 Å². The lowest BCUT2D eigenvalue weighted by molar-refractivity contribution is -0.151. The van der Waals surface area contributed by atoms with Crippen molar-refractivity contribution in [1.82, 2.24) is 15.0 Å². The molecule has 1 heterocycles. The fourth-order valence-corrected chi connectivity index (χ4v) is 9.56. The van der Waals surface area contributed by atoms with Crippen molar-refractivity contribution in [3.63, 3.8) is 0 Å². The zero-order chi connectivity index (χ0) is 24.3. The van der Waals surface area contributed by atoms with Gasteiger partial charge in [0.1, 0.15) is 5.69 Å². The molecule has 190 valence electrons. The Hall–Kier alpha value is -1.47. The van der Waals surface area contributed by atoms with Gasteiger partial charge in [0, 0.05) is 6.42 Å². The fraction of sp³-hybridized carbons (Fsp3) is 0.889. The number of hydrogen-bond acceptors (Lipinski definition) is 5. The fourth-order valence-electron chi connectivity index (χ4n) is 9.56. The van der Waals surface area contributed by atoms with Crippen LogP contribution in [0.3, 0.4) is 0 Å². The Bertz CT molecular complexity index is 904. The van der Waals surface area contributed by atoms with Crippen molar-refractivity contribution in [2.45, 2.75) is 104 Å². The number of aromatic nitrogens is 3. The van der Waals surface area contributed by atoms with Crippen molar-refractivity contribution >= 4 is 5.97 Å². The number of aliphatic hydroxyl groups excluding tert-OH is 2. The maximum atomic E-state index is 11.2. The first kappa shape index (κ1) is 24.2. The van der Waals surface area contributed by atoms with Gasteiger partial charge < -0.3 is 15.3 Å². The van der Waals surface area contributed by atoms with E-state index in [0.29, 0.717) is 41.2 Å². The van der Waals surface area contributed by atoms with E-state index in [2.05, 4.69) is 35.8 Å². The van der Waals surface area contributed by atoms with Crippen molar-refractivity contribution in [3.05, 3.63) is 11.9 Å². The molecule has 0 aromatic carbocycles. The van der Waals surface area contributed by atoms with Gasteiger partial charge in [0.05, 0.1) is 24.9 Å². The monoisotopic (exact) mass is 473 g/mol. The van der Waals surface area contributed by atoms with Crippen molar-refractivity contribution in [1.29, 1.82) is 0 Å². The van der Waals surface area contributed by atoms with Crippen LogP contribution in [0.15, 0.2) is 6.20 Å². The van der Waals surface area contributed by atoms with Crippen LogP contribution in [0.2, 0.25) is 0 Å². The van der Waals surface area contributed by atoms with Crippen molar-refractivity contribution in [3.8, 4) is 0 Å². The molecular weight excluding hydrogens is 430 g/mol. The summed E-state index contributed by atoms with van der Waals surface area (Å²) in [6, 6.07) is 0.249. The molecule has 7 nitrogen and oxygen atoms in total. The molecule has 0 radical (unpaired) electrons. The van der Waals surface area contributed by atoms with Gasteiger partial charge in [-0.2, -0.15) is 0 Å². The normalized spacial score (nSPS) is 44.7. The average Bonchev–Trinajstić information content (AvgIpc) is 3.41. The summed E-state index contributed by atoms with van der Waals surface area (Å²) < 4.78 is 2.05. The minimum atomic E-state index is -0.688. The first-order chi connectivity index (χ1) is 16.2. The Balaban J connectivity index is 1.49. The lowest BCUT2D eigenvalue weighted by atomic mass is 9.43. The molecule has 4 aliphatic rings. The number of carboxylic acid groups (broad SMARTS) is 1.